The van der Waals surface area contributed by atoms with Gasteiger partial charge in [0, 0.05) is 5.56 Å². The first-order chi connectivity index (χ1) is 17.5. The van der Waals surface area contributed by atoms with Crippen molar-refractivity contribution in [2.75, 3.05) is 33.5 Å². The fourth-order valence-electron chi connectivity index (χ4n) is 4.03. The number of carbonyl (C=O) groups excluding carboxylic acids is 1. The molecule has 2 aliphatic heterocycles. The molecule has 0 atom stereocenters. The summed E-state index contributed by atoms with van der Waals surface area (Å²) >= 11 is 0. The first-order valence-corrected chi connectivity index (χ1v) is 11.1. The van der Waals surface area contributed by atoms with Crippen LogP contribution in [0.5, 0.6) is 28.7 Å². The fraction of sp³-hybridized carbons (Fsp3) is 0.192. The molecule has 2 aliphatic rings. The van der Waals surface area contributed by atoms with Crippen molar-refractivity contribution in [3.63, 3.8) is 0 Å². The number of benzene rings is 3. The maximum atomic E-state index is 12.6. The lowest BCUT2D eigenvalue weighted by atomic mass is 9.99. The molecular formula is C26H24N4O6. The lowest BCUT2D eigenvalue weighted by Crippen LogP contribution is -2.25. The van der Waals surface area contributed by atoms with Gasteiger partial charge in [0.2, 0.25) is 12.5 Å². The normalized spacial score (nSPS) is 14.9. The van der Waals surface area contributed by atoms with Crippen LogP contribution in [0.1, 0.15) is 11.1 Å². The van der Waals surface area contributed by atoms with Gasteiger partial charge in [-0.05, 0) is 60.0 Å². The predicted octanol–water partition coefficient (Wildman–Crippen LogP) is 3.72. The Bertz CT molecular complexity index is 1390. The van der Waals surface area contributed by atoms with Gasteiger partial charge in [-0.15, -0.1) is 0 Å². The molecule has 0 aliphatic carbocycles. The van der Waals surface area contributed by atoms with E-state index in [0.717, 1.165) is 22.4 Å². The Balaban J connectivity index is 1.45. The van der Waals surface area contributed by atoms with Crippen LogP contribution in [-0.4, -0.2) is 45.5 Å². The molecule has 10 nitrogen and oxygen atoms in total. The van der Waals surface area contributed by atoms with Crippen LogP contribution in [-0.2, 0) is 4.79 Å². The molecule has 0 aromatic heterocycles. The van der Waals surface area contributed by atoms with Gasteiger partial charge in [-0.25, -0.2) is 5.43 Å². The van der Waals surface area contributed by atoms with E-state index in [4.69, 9.17) is 23.7 Å². The van der Waals surface area contributed by atoms with Crippen LogP contribution in [0.15, 0.2) is 58.7 Å². The van der Waals surface area contributed by atoms with Crippen LogP contribution >= 0.6 is 0 Å². The number of hydrogen-bond acceptors (Lipinski definition) is 9. The zero-order chi connectivity index (χ0) is 25.2. The van der Waals surface area contributed by atoms with E-state index in [1.54, 1.807) is 12.1 Å². The molecule has 0 saturated carbocycles. The number of hydrazone groups is 2. The van der Waals surface area contributed by atoms with Crippen LogP contribution < -0.4 is 34.5 Å². The van der Waals surface area contributed by atoms with Crippen molar-refractivity contribution in [3.05, 3.63) is 59.7 Å². The number of anilines is 1. The van der Waals surface area contributed by atoms with E-state index in [0.29, 0.717) is 40.0 Å². The second kappa shape index (κ2) is 9.49. The average molecular weight is 489 g/mol. The van der Waals surface area contributed by atoms with E-state index in [1.807, 2.05) is 43.3 Å². The maximum absolute atomic E-state index is 12.6. The predicted molar refractivity (Wildman–Crippen MR) is 135 cm³/mol. The molecule has 0 spiro atoms. The zero-order valence-corrected chi connectivity index (χ0v) is 20.2. The molecule has 0 bridgehead atoms. The van der Waals surface area contributed by atoms with E-state index < -0.39 is 5.91 Å². The quantitative estimate of drug-likeness (QED) is 0.488. The molecular weight excluding hydrogens is 464 g/mol. The minimum Gasteiger partial charge on any atom is -0.493 e. The SMILES string of the molecule is COc1cc(C2=NNC(=O)/C2=N/Nc2ccc(C)c(-c3ccc4c(c3)OCO4)c2)cc(OC)c1OC. The molecule has 1 amide bonds. The highest BCUT2D eigenvalue weighted by Crippen LogP contribution is 2.39. The van der Waals surface area contributed by atoms with Crippen molar-refractivity contribution < 1.29 is 28.5 Å². The summed E-state index contributed by atoms with van der Waals surface area (Å²) in [5, 5.41) is 8.54. The number of ether oxygens (including phenoxy) is 5. The smallest absolute Gasteiger partial charge is 0.294 e. The highest BCUT2D eigenvalue weighted by atomic mass is 16.7. The fourth-order valence-corrected chi connectivity index (χ4v) is 4.03. The Morgan fingerprint density at radius 2 is 1.67 bits per heavy atom. The first-order valence-electron chi connectivity index (χ1n) is 11.1. The van der Waals surface area contributed by atoms with Gasteiger partial charge in [-0.1, -0.05) is 12.1 Å². The van der Waals surface area contributed by atoms with Crippen LogP contribution in [0.4, 0.5) is 5.69 Å². The number of aryl methyl sites for hydroxylation is 1. The van der Waals surface area contributed by atoms with Crippen molar-refractivity contribution in [1.29, 1.82) is 0 Å². The summed E-state index contributed by atoms with van der Waals surface area (Å²) in [7, 11) is 4.56. The lowest BCUT2D eigenvalue weighted by molar-refractivity contribution is -0.114. The summed E-state index contributed by atoms with van der Waals surface area (Å²) in [5.41, 5.74) is 10.2. The van der Waals surface area contributed by atoms with Crippen molar-refractivity contribution in [2.45, 2.75) is 6.92 Å². The minimum absolute atomic E-state index is 0.120. The number of hydrogen-bond donors (Lipinski definition) is 2. The third kappa shape index (κ3) is 4.13. The largest absolute Gasteiger partial charge is 0.493 e. The van der Waals surface area contributed by atoms with Crippen molar-refractivity contribution in [1.82, 2.24) is 5.43 Å². The van der Waals surface area contributed by atoms with E-state index >= 15 is 0 Å². The van der Waals surface area contributed by atoms with Gasteiger partial charge < -0.3 is 23.7 Å². The molecule has 184 valence electrons. The van der Waals surface area contributed by atoms with Gasteiger partial charge >= 0.3 is 0 Å². The highest BCUT2D eigenvalue weighted by Gasteiger charge is 2.28. The van der Waals surface area contributed by atoms with E-state index in [9.17, 15) is 4.79 Å². The molecule has 0 saturated heterocycles. The van der Waals surface area contributed by atoms with E-state index in [2.05, 4.69) is 21.1 Å². The number of methoxy groups -OCH3 is 3. The van der Waals surface area contributed by atoms with Crippen molar-refractivity contribution in [2.24, 2.45) is 10.2 Å². The Morgan fingerprint density at radius 1 is 0.917 bits per heavy atom. The van der Waals surface area contributed by atoms with Crippen molar-refractivity contribution in [3.8, 4) is 39.9 Å². The summed E-state index contributed by atoms with van der Waals surface area (Å²) in [6.45, 7) is 2.24. The molecule has 3 aromatic carbocycles. The zero-order valence-electron chi connectivity index (χ0n) is 20.2. The number of rotatable bonds is 7. The van der Waals surface area contributed by atoms with Gasteiger partial charge in [-0.2, -0.15) is 10.2 Å². The van der Waals surface area contributed by atoms with E-state index in [1.165, 1.54) is 21.3 Å². The third-order valence-corrected chi connectivity index (χ3v) is 5.86. The molecule has 3 aromatic rings. The summed E-state index contributed by atoms with van der Waals surface area (Å²) < 4.78 is 27.2. The molecule has 10 heteroatoms. The highest BCUT2D eigenvalue weighted by molar-refractivity contribution is 6.72. The van der Waals surface area contributed by atoms with Gasteiger partial charge in [0.1, 0.15) is 5.71 Å². The average Bonchev–Trinajstić information content (AvgIpc) is 3.53. The standard InChI is InChI=1S/C26H24N4O6/c1-14-5-7-17(12-18(14)15-6-8-19-20(9-15)36-13-35-19)27-29-24-23(28-30-26(24)31)16-10-21(32-2)25(34-4)22(11-16)33-3/h5-12,27H,13H2,1-4H3,(H,29,30,31). The van der Waals surface area contributed by atoms with E-state index in [-0.39, 0.29) is 12.5 Å². The Kier molecular flexibility index (Phi) is 6.07. The first kappa shape index (κ1) is 23.0. The molecule has 0 fully saturated rings. The minimum atomic E-state index is -0.436. The topological polar surface area (TPSA) is 112 Å². The van der Waals surface area contributed by atoms with Crippen LogP contribution in [0, 0.1) is 6.92 Å². The number of fused-ring (bicyclic) bond motifs is 1. The molecule has 2 heterocycles. The molecule has 0 unspecified atom stereocenters. The van der Waals surface area contributed by atoms with Gasteiger partial charge in [0.15, 0.2) is 28.7 Å². The number of amides is 1. The van der Waals surface area contributed by atoms with Crippen molar-refractivity contribution >= 4 is 23.0 Å². The van der Waals surface area contributed by atoms with Crippen LogP contribution in [0.3, 0.4) is 0 Å². The summed E-state index contributed by atoms with van der Waals surface area (Å²) in [6, 6.07) is 15.1. The summed E-state index contributed by atoms with van der Waals surface area (Å²) in [6.07, 6.45) is 0. The molecule has 0 radical (unpaired) electrons. The Morgan fingerprint density at radius 3 is 2.39 bits per heavy atom. The van der Waals surface area contributed by atoms with Gasteiger partial charge in [-0.3, -0.25) is 10.2 Å². The number of nitrogens with zero attached hydrogens (tertiary/aromatic N) is 2. The Labute approximate surface area is 207 Å². The number of carbonyl (C=O) groups is 1. The molecule has 5 rings (SSSR count). The lowest BCUT2D eigenvalue weighted by Gasteiger charge is -2.14. The van der Waals surface area contributed by atoms with Gasteiger partial charge in [0.25, 0.3) is 5.91 Å². The third-order valence-electron chi connectivity index (χ3n) is 5.86. The second-order valence-electron chi connectivity index (χ2n) is 7.99. The summed E-state index contributed by atoms with van der Waals surface area (Å²) in [5.74, 6) is 2.31. The van der Waals surface area contributed by atoms with Crippen LogP contribution in [0.25, 0.3) is 11.1 Å². The molecule has 36 heavy (non-hydrogen) atoms. The number of nitrogens with one attached hydrogen (secondary N) is 2. The monoisotopic (exact) mass is 488 g/mol. The van der Waals surface area contributed by atoms with Gasteiger partial charge in [0.05, 0.1) is 27.0 Å². The van der Waals surface area contributed by atoms with Crippen LogP contribution in [0.2, 0.25) is 0 Å². The maximum Gasteiger partial charge on any atom is 0.294 e. The molecule has 2 N–H and O–H groups in total. The Hall–Kier alpha value is -4.73. The summed E-state index contributed by atoms with van der Waals surface area (Å²) in [4.78, 5) is 12.6. The second-order valence-corrected chi connectivity index (χ2v) is 7.99.